The van der Waals surface area contributed by atoms with Crippen LogP contribution in [0.2, 0.25) is 0 Å². The van der Waals surface area contributed by atoms with E-state index in [4.69, 9.17) is 26.2 Å². The number of hydrogen-bond donors (Lipinski definition) is 6. The molecule has 0 radical (unpaired) electrons. The summed E-state index contributed by atoms with van der Waals surface area (Å²) in [5, 5.41) is 22.5. The van der Waals surface area contributed by atoms with Crippen molar-refractivity contribution in [1.82, 2.24) is 4.72 Å². The Hall–Kier alpha value is -4.39. The lowest BCUT2D eigenvalue weighted by atomic mass is 10.0. The summed E-state index contributed by atoms with van der Waals surface area (Å²) in [6.07, 6.45) is -4.17. The van der Waals surface area contributed by atoms with Gasteiger partial charge in [-0.05, 0) is 53.9 Å². The number of carboxylic acids is 1. The van der Waals surface area contributed by atoms with Crippen LogP contribution in [0.3, 0.4) is 0 Å². The number of anilines is 1. The first-order valence-electron chi connectivity index (χ1n) is 11.6. The van der Waals surface area contributed by atoms with Gasteiger partial charge in [-0.25, -0.2) is 35.9 Å². The standard InChI is InChI=1S/C23H24FN5O5S2.C2HF3O2/c1-35(31,32)29-20(12-14-3-2-4-16(11-14)22(25)26)23(30)28-18-8-5-15(6-9-18)19-13-17(24)7-10-21(19)36(27,33)34;3-2(4,5)1(6)7/h2-11,13,20,29H,12H2,1H3,(H3,25,26)(H,28,30)(H2,27,33,34);(H,6,7)/t20-;/m0./s1. The fraction of sp³-hybridized carbons (Fsp3) is 0.160. The number of amides is 1. The molecule has 0 spiro atoms. The Kier molecular flexibility index (Phi) is 11.1. The van der Waals surface area contributed by atoms with E-state index in [0.29, 0.717) is 16.7 Å². The molecule has 0 heterocycles. The number of amidine groups is 1. The molecule has 0 unspecified atom stereocenters. The second-order valence-electron chi connectivity index (χ2n) is 8.82. The van der Waals surface area contributed by atoms with Crippen LogP contribution in [0, 0.1) is 11.2 Å². The summed E-state index contributed by atoms with van der Waals surface area (Å²) in [6, 6.07) is 14.3. The van der Waals surface area contributed by atoms with Crippen molar-refractivity contribution in [1.29, 1.82) is 5.41 Å². The predicted octanol–water partition coefficient (Wildman–Crippen LogP) is 2.16. The molecule has 0 saturated carbocycles. The zero-order chi connectivity index (χ0) is 32.8. The first-order chi connectivity index (χ1) is 19.7. The largest absolute Gasteiger partial charge is 0.490 e. The lowest BCUT2D eigenvalue weighted by molar-refractivity contribution is -0.192. The Balaban J connectivity index is 0.000000821. The normalized spacial score (nSPS) is 12.4. The molecule has 0 aliphatic heterocycles. The van der Waals surface area contributed by atoms with Crippen LogP contribution >= 0.6 is 0 Å². The predicted molar refractivity (Wildman–Crippen MR) is 148 cm³/mol. The van der Waals surface area contributed by atoms with Crippen molar-refractivity contribution in [3.05, 3.63) is 83.7 Å². The van der Waals surface area contributed by atoms with Crippen LogP contribution in [0.15, 0.2) is 71.6 Å². The fourth-order valence-electron chi connectivity index (χ4n) is 3.49. The second kappa shape index (κ2) is 13.7. The number of carbonyl (C=O) groups excluding carboxylic acids is 1. The van der Waals surface area contributed by atoms with Gasteiger partial charge in [-0.3, -0.25) is 10.2 Å². The molecule has 43 heavy (non-hydrogen) atoms. The molecule has 1 atom stereocenters. The molecule has 0 aromatic heterocycles. The van der Waals surface area contributed by atoms with Gasteiger partial charge in [0.25, 0.3) is 0 Å². The molecule has 3 aromatic rings. The Morgan fingerprint density at radius 2 is 1.58 bits per heavy atom. The molecular formula is C25H25F4N5O7S2. The molecule has 12 nitrogen and oxygen atoms in total. The molecule has 8 N–H and O–H groups in total. The molecule has 0 fully saturated rings. The number of carboxylic acid groups (broad SMARTS) is 1. The van der Waals surface area contributed by atoms with Crippen LogP contribution in [-0.2, 0) is 36.1 Å². The Labute approximate surface area is 243 Å². The van der Waals surface area contributed by atoms with Gasteiger partial charge in [-0.15, -0.1) is 0 Å². The monoisotopic (exact) mass is 647 g/mol. The summed E-state index contributed by atoms with van der Waals surface area (Å²) in [5.41, 5.74) is 7.19. The van der Waals surface area contributed by atoms with E-state index in [-0.39, 0.29) is 28.4 Å². The topological polar surface area (TPSA) is 223 Å². The quantitative estimate of drug-likeness (QED) is 0.114. The van der Waals surface area contributed by atoms with Gasteiger partial charge >= 0.3 is 12.1 Å². The van der Waals surface area contributed by atoms with E-state index < -0.39 is 50.0 Å². The molecule has 0 aliphatic rings. The number of nitrogens with two attached hydrogens (primary N) is 2. The number of nitrogen functional groups attached to an aromatic ring is 1. The summed E-state index contributed by atoms with van der Waals surface area (Å²) in [5.74, 6) is -4.24. The molecular weight excluding hydrogens is 622 g/mol. The van der Waals surface area contributed by atoms with Crippen molar-refractivity contribution in [3.8, 4) is 11.1 Å². The van der Waals surface area contributed by atoms with Crippen LogP contribution in [0.4, 0.5) is 23.2 Å². The molecule has 0 bridgehead atoms. The van der Waals surface area contributed by atoms with Gasteiger partial charge in [0.05, 0.1) is 11.2 Å². The summed E-state index contributed by atoms with van der Waals surface area (Å²) >= 11 is 0. The number of halogens is 4. The maximum absolute atomic E-state index is 13.8. The number of aliphatic carboxylic acids is 1. The average Bonchev–Trinajstić information content (AvgIpc) is 2.87. The maximum Gasteiger partial charge on any atom is 0.490 e. The third-order valence-electron chi connectivity index (χ3n) is 5.30. The highest BCUT2D eigenvalue weighted by Gasteiger charge is 2.38. The SMILES string of the molecule is CS(=O)(=O)N[C@@H](Cc1cccc(C(=N)N)c1)C(=O)Nc1ccc(-c2cc(F)ccc2S(N)(=O)=O)cc1.O=C(O)C(F)(F)F. The van der Waals surface area contributed by atoms with Gasteiger partial charge in [0.2, 0.25) is 26.0 Å². The van der Waals surface area contributed by atoms with Crippen molar-refractivity contribution in [2.45, 2.75) is 23.5 Å². The van der Waals surface area contributed by atoms with Crippen LogP contribution in [0.1, 0.15) is 11.1 Å². The van der Waals surface area contributed by atoms with Gasteiger partial charge in [0.1, 0.15) is 17.7 Å². The maximum atomic E-state index is 13.8. The van der Waals surface area contributed by atoms with E-state index in [0.717, 1.165) is 24.5 Å². The van der Waals surface area contributed by atoms with Crippen LogP contribution < -0.4 is 20.9 Å². The molecule has 3 aromatic carbocycles. The minimum absolute atomic E-state index is 0.0148. The van der Waals surface area contributed by atoms with Crippen LogP contribution in [-0.4, -0.2) is 58.1 Å². The highest BCUT2D eigenvalue weighted by Crippen LogP contribution is 2.28. The number of primary sulfonamides is 1. The number of alkyl halides is 3. The van der Waals surface area contributed by atoms with Gasteiger partial charge < -0.3 is 16.2 Å². The fourth-order valence-corrected chi connectivity index (χ4v) is 4.93. The molecule has 1 amide bonds. The average molecular weight is 648 g/mol. The van der Waals surface area contributed by atoms with Gasteiger partial charge in [-0.1, -0.05) is 30.3 Å². The van der Waals surface area contributed by atoms with E-state index >= 15 is 0 Å². The van der Waals surface area contributed by atoms with Gasteiger partial charge in [-0.2, -0.15) is 13.2 Å². The number of sulfonamides is 2. The third-order valence-corrected chi connectivity index (χ3v) is 6.99. The minimum atomic E-state index is -5.08. The summed E-state index contributed by atoms with van der Waals surface area (Å²) < 4.78 is 95.3. The third kappa shape index (κ3) is 11.1. The first kappa shape index (κ1) is 34.8. The number of carbonyl (C=O) groups is 2. The van der Waals surface area contributed by atoms with Crippen molar-refractivity contribution in [2.24, 2.45) is 10.9 Å². The lowest BCUT2D eigenvalue weighted by Crippen LogP contribution is -2.44. The van der Waals surface area contributed by atoms with Crippen molar-refractivity contribution < 1.29 is 49.1 Å². The van der Waals surface area contributed by atoms with Crippen molar-refractivity contribution in [2.75, 3.05) is 11.6 Å². The van der Waals surface area contributed by atoms with Crippen molar-refractivity contribution >= 4 is 43.4 Å². The smallest absolute Gasteiger partial charge is 0.475 e. The zero-order valence-electron chi connectivity index (χ0n) is 22.0. The molecule has 18 heteroatoms. The minimum Gasteiger partial charge on any atom is -0.475 e. The van der Waals surface area contributed by atoms with E-state index in [9.17, 15) is 39.2 Å². The van der Waals surface area contributed by atoms with Crippen LogP contribution in [0.25, 0.3) is 11.1 Å². The number of nitrogens with one attached hydrogen (secondary N) is 3. The Bertz CT molecular complexity index is 1730. The Morgan fingerprint density at radius 1 is 1.00 bits per heavy atom. The van der Waals surface area contributed by atoms with E-state index in [2.05, 4.69) is 10.0 Å². The van der Waals surface area contributed by atoms with E-state index in [1.807, 2.05) is 0 Å². The number of rotatable bonds is 9. The van der Waals surface area contributed by atoms with Gasteiger partial charge in [0.15, 0.2) is 0 Å². The Morgan fingerprint density at radius 3 is 2.07 bits per heavy atom. The molecule has 0 saturated heterocycles. The van der Waals surface area contributed by atoms with E-state index in [1.165, 1.54) is 24.3 Å². The number of benzene rings is 3. The van der Waals surface area contributed by atoms with Crippen molar-refractivity contribution in [3.63, 3.8) is 0 Å². The van der Waals surface area contributed by atoms with Gasteiger partial charge in [0, 0.05) is 16.8 Å². The molecule has 232 valence electrons. The number of hydrogen-bond acceptors (Lipinski definition) is 7. The molecule has 0 aliphatic carbocycles. The van der Waals surface area contributed by atoms with Crippen LogP contribution in [0.5, 0.6) is 0 Å². The second-order valence-corrected chi connectivity index (χ2v) is 12.1. The zero-order valence-corrected chi connectivity index (χ0v) is 23.6. The first-order valence-corrected chi connectivity index (χ1v) is 15.1. The lowest BCUT2D eigenvalue weighted by Gasteiger charge is -2.18. The highest BCUT2D eigenvalue weighted by molar-refractivity contribution is 7.89. The highest BCUT2D eigenvalue weighted by atomic mass is 32.2. The summed E-state index contributed by atoms with van der Waals surface area (Å²) in [6.45, 7) is 0. The molecule has 3 rings (SSSR count). The summed E-state index contributed by atoms with van der Waals surface area (Å²) in [7, 11) is -7.87. The summed E-state index contributed by atoms with van der Waals surface area (Å²) in [4.78, 5) is 21.6. The van der Waals surface area contributed by atoms with E-state index in [1.54, 1.807) is 24.3 Å².